The number of nitrogens with one attached hydrogen (secondary N) is 1. The first-order valence-electron chi connectivity index (χ1n) is 6.01. The number of aliphatic hydroxyl groups excluding tert-OH is 2. The van der Waals surface area contributed by atoms with Crippen molar-refractivity contribution in [1.29, 1.82) is 0 Å². The Labute approximate surface area is 113 Å². The maximum atomic E-state index is 11.9. The summed E-state index contributed by atoms with van der Waals surface area (Å²) in [5.74, 6) is 0. The van der Waals surface area contributed by atoms with E-state index in [4.69, 9.17) is 4.42 Å². The van der Waals surface area contributed by atoms with Gasteiger partial charge in [-0.2, -0.15) is 0 Å². The van der Waals surface area contributed by atoms with Gasteiger partial charge in [-0.05, 0) is 24.0 Å². The largest absolute Gasteiger partial charge is 0.452 e. The number of hydrogen-bond donors (Lipinski definition) is 3. The predicted octanol–water partition coefficient (Wildman–Crippen LogP) is 0.716. The van der Waals surface area contributed by atoms with Crippen LogP contribution >= 0.6 is 0 Å². The Bertz CT molecular complexity index is 475. The molecular formula is C12H21NO5S. The molecule has 0 bridgehead atoms. The average Bonchev–Trinajstić information content (AvgIpc) is 2.80. The molecule has 0 saturated carbocycles. The van der Waals surface area contributed by atoms with Crippen molar-refractivity contribution >= 4 is 10.0 Å². The van der Waals surface area contributed by atoms with E-state index in [1.54, 1.807) is 0 Å². The average molecular weight is 291 g/mol. The SMILES string of the molecule is CC(C)(C)[C@H](O)C[C@H](CO)NS(=O)(=O)c1ccco1. The summed E-state index contributed by atoms with van der Waals surface area (Å²) in [6.45, 7) is 5.13. The van der Waals surface area contributed by atoms with Crippen molar-refractivity contribution in [2.75, 3.05) is 6.61 Å². The fraction of sp³-hybridized carbons (Fsp3) is 0.667. The van der Waals surface area contributed by atoms with Gasteiger partial charge in [0.15, 0.2) is 0 Å². The van der Waals surface area contributed by atoms with E-state index in [0.29, 0.717) is 0 Å². The van der Waals surface area contributed by atoms with Gasteiger partial charge in [-0.25, -0.2) is 13.1 Å². The molecule has 19 heavy (non-hydrogen) atoms. The predicted molar refractivity (Wildman–Crippen MR) is 70.0 cm³/mol. The molecule has 0 fully saturated rings. The van der Waals surface area contributed by atoms with E-state index in [2.05, 4.69) is 4.72 Å². The summed E-state index contributed by atoms with van der Waals surface area (Å²) in [5.41, 5.74) is -0.385. The van der Waals surface area contributed by atoms with Crippen LogP contribution in [-0.4, -0.2) is 37.4 Å². The normalized spacial score (nSPS) is 16.3. The number of sulfonamides is 1. The van der Waals surface area contributed by atoms with E-state index in [1.165, 1.54) is 18.4 Å². The molecule has 2 atom stereocenters. The van der Waals surface area contributed by atoms with E-state index in [9.17, 15) is 18.6 Å². The lowest BCUT2D eigenvalue weighted by Gasteiger charge is -2.28. The highest BCUT2D eigenvalue weighted by atomic mass is 32.2. The molecule has 6 nitrogen and oxygen atoms in total. The molecule has 0 unspecified atom stereocenters. The second kappa shape index (κ2) is 6.04. The topological polar surface area (TPSA) is 99.8 Å². The first kappa shape index (κ1) is 16.2. The summed E-state index contributed by atoms with van der Waals surface area (Å²) in [6, 6.07) is 2.02. The zero-order valence-electron chi connectivity index (χ0n) is 11.3. The van der Waals surface area contributed by atoms with Crippen LogP contribution in [0.3, 0.4) is 0 Å². The van der Waals surface area contributed by atoms with Crippen LogP contribution in [0.4, 0.5) is 0 Å². The highest BCUT2D eigenvalue weighted by molar-refractivity contribution is 7.89. The fourth-order valence-corrected chi connectivity index (χ4v) is 2.64. The molecule has 1 heterocycles. The quantitative estimate of drug-likeness (QED) is 0.717. The van der Waals surface area contributed by atoms with Crippen LogP contribution in [0.2, 0.25) is 0 Å². The van der Waals surface area contributed by atoms with Gasteiger partial charge in [-0.15, -0.1) is 0 Å². The third-order valence-electron chi connectivity index (χ3n) is 2.81. The molecule has 0 aliphatic heterocycles. The van der Waals surface area contributed by atoms with Gasteiger partial charge in [-0.3, -0.25) is 0 Å². The molecule has 0 radical (unpaired) electrons. The Kier molecular flexibility index (Phi) is 5.14. The lowest BCUT2D eigenvalue weighted by Crippen LogP contribution is -2.42. The second-order valence-corrected chi connectivity index (χ2v) is 7.20. The molecule has 0 aromatic carbocycles. The van der Waals surface area contributed by atoms with Gasteiger partial charge in [-0.1, -0.05) is 20.8 Å². The van der Waals surface area contributed by atoms with Crippen molar-refractivity contribution < 1.29 is 23.0 Å². The molecule has 3 N–H and O–H groups in total. The maximum Gasteiger partial charge on any atom is 0.274 e. The van der Waals surface area contributed by atoms with Crippen molar-refractivity contribution in [3.8, 4) is 0 Å². The second-order valence-electron chi connectivity index (χ2n) is 5.55. The summed E-state index contributed by atoms with van der Waals surface area (Å²) in [4.78, 5) is 0. The minimum atomic E-state index is -3.81. The third kappa shape index (κ3) is 4.61. The van der Waals surface area contributed by atoms with Crippen molar-refractivity contribution in [3.63, 3.8) is 0 Å². The zero-order chi connectivity index (χ0) is 14.7. The summed E-state index contributed by atoms with van der Waals surface area (Å²) < 4.78 is 30.9. The minimum absolute atomic E-state index is 0.125. The Balaban J connectivity index is 2.73. The molecule has 0 saturated heterocycles. The van der Waals surface area contributed by atoms with Crippen LogP contribution < -0.4 is 4.72 Å². The van der Waals surface area contributed by atoms with Crippen molar-refractivity contribution in [1.82, 2.24) is 4.72 Å². The van der Waals surface area contributed by atoms with Crippen molar-refractivity contribution in [3.05, 3.63) is 18.4 Å². The van der Waals surface area contributed by atoms with Crippen LogP contribution in [0.25, 0.3) is 0 Å². The summed E-state index contributed by atoms with van der Waals surface area (Å²) >= 11 is 0. The number of rotatable bonds is 6. The molecule has 7 heteroatoms. The van der Waals surface area contributed by atoms with E-state index in [-0.39, 0.29) is 16.9 Å². The first-order valence-corrected chi connectivity index (χ1v) is 7.50. The van der Waals surface area contributed by atoms with Crippen LogP contribution in [0.5, 0.6) is 0 Å². The van der Waals surface area contributed by atoms with Gasteiger partial charge in [0.05, 0.1) is 19.0 Å². The van der Waals surface area contributed by atoms with Crippen molar-refractivity contribution in [2.24, 2.45) is 5.41 Å². The summed E-state index contributed by atoms with van der Waals surface area (Å²) in [5, 5.41) is 19.0. The smallest absolute Gasteiger partial charge is 0.274 e. The van der Waals surface area contributed by atoms with Gasteiger partial charge >= 0.3 is 0 Å². The Morgan fingerprint density at radius 1 is 1.42 bits per heavy atom. The van der Waals surface area contributed by atoms with Gasteiger partial charge in [0.25, 0.3) is 10.0 Å². The monoisotopic (exact) mass is 291 g/mol. The maximum absolute atomic E-state index is 11.9. The molecule has 0 amide bonds. The number of hydrogen-bond acceptors (Lipinski definition) is 5. The van der Waals surface area contributed by atoms with Crippen LogP contribution in [0, 0.1) is 5.41 Å². The number of furan rings is 1. The van der Waals surface area contributed by atoms with E-state index in [1.807, 2.05) is 20.8 Å². The fourth-order valence-electron chi connectivity index (χ4n) is 1.48. The number of aliphatic hydroxyl groups is 2. The summed E-state index contributed by atoms with van der Waals surface area (Å²) in [7, 11) is -3.81. The minimum Gasteiger partial charge on any atom is -0.452 e. The Morgan fingerprint density at radius 2 is 2.05 bits per heavy atom. The van der Waals surface area contributed by atoms with E-state index < -0.39 is 28.8 Å². The molecule has 110 valence electrons. The summed E-state index contributed by atoms with van der Waals surface area (Å²) in [6.07, 6.45) is 0.649. The Hall–Kier alpha value is -0.890. The Morgan fingerprint density at radius 3 is 2.47 bits per heavy atom. The van der Waals surface area contributed by atoms with Gasteiger partial charge in [0.2, 0.25) is 5.09 Å². The third-order valence-corrected chi connectivity index (χ3v) is 4.22. The highest BCUT2D eigenvalue weighted by Crippen LogP contribution is 2.23. The molecule has 0 aliphatic rings. The van der Waals surface area contributed by atoms with Crippen molar-refractivity contribution in [2.45, 2.75) is 44.4 Å². The molecule has 0 aliphatic carbocycles. The molecular weight excluding hydrogens is 270 g/mol. The van der Waals surface area contributed by atoms with Gasteiger partial charge in [0.1, 0.15) is 0 Å². The zero-order valence-corrected chi connectivity index (χ0v) is 12.1. The van der Waals surface area contributed by atoms with E-state index in [0.717, 1.165) is 0 Å². The molecule has 1 aromatic rings. The molecule has 0 spiro atoms. The lowest BCUT2D eigenvalue weighted by molar-refractivity contribution is 0.0420. The standard InChI is InChI=1S/C12H21NO5S/c1-12(2,3)10(15)7-9(8-14)13-19(16,17)11-5-4-6-18-11/h4-6,9-10,13-15H,7-8H2,1-3H3/t9-,10-/m1/s1. The van der Waals surface area contributed by atoms with Crippen LogP contribution in [-0.2, 0) is 10.0 Å². The highest BCUT2D eigenvalue weighted by Gasteiger charge is 2.28. The first-order chi connectivity index (χ1) is 8.66. The van der Waals surface area contributed by atoms with Gasteiger partial charge in [0, 0.05) is 6.04 Å². The van der Waals surface area contributed by atoms with E-state index >= 15 is 0 Å². The molecule has 1 aromatic heterocycles. The van der Waals surface area contributed by atoms with Crippen LogP contribution in [0.1, 0.15) is 27.2 Å². The lowest BCUT2D eigenvalue weighted by atomic mass is 9.86. The van der Waals surface area contributed by atoms with Gasteiger partial charge < -0.3 is 14.6 Å². The van der Waals surface area contributed by atoms with Crippen LogP contribution in [0.15, 0.2) is 27.9 Å². The molecule has 1 rings (SSSR count).